The van der Waals surface area contributed by atoms with Gasteiger partial charge >= 0.3 is 12.1 Å². The summed E-state index contributed by atoms with van der Waals surface area (Å²) in [6.07, 6.45) is -4.85. The number of halogens is 5. The van der Waals surface area contributed by atoms with E-state index in [-0.39, 0.29) is 18.1 Å². The van der Waals surface area contributed by atoms with Crippen LogP contribution < -0.4 is 4.74 Å². The van der Waals surface area contributed by atoms with Crippen molar-refractivity contribution in [2.75, 3.05) is 7.11 Å². The predicted octanol–water partition coefficient (Wildman–Crippen LogP) is 4.48. The minimum Gasteiger partial charge on any atom is -0.472 e. The third kappa shape index (κ3) is 4.73. The summed E-state index contributed by atoms with van der Waals surface area (Å²) < 4.78 is 48.6. The molecule has 0 N–H and O–H groups in total. The van der Waals surface area contributed by atoms with Gasteiger partial charge in [0.1, 0.15) is 6.61 Å². The SMILES string of the molecule is COC(=O)c1nc(C(F)(F)F)nc(OCc2cc(Cl)cc(Cl)c2)c1C. The number of benzene rings is 1. The molecule has 5 nitrogen and oxygen atoms in total. The molecule has 0 aliphatic carbocycles. The number of nitrogens with zero attached hydrogens (tertiary/aromatic N) is 2. The molecule has 1 aromatic carbocycles. The molecule has 0 amide bonds. The zero-order valence-corrected chi connectivity index (χ0v) is 14.5. The fraction of sp³-hybridized carbons (Fsp3) is 0.267. The first-order valence-electron chi connectivity index (χ1n) is 6.73. The highest BCUT2D eigenvalue weighted by atomic mass is 35.5. The van der Waals surface area contributed by atoms with Gasteiger partial charge in [-0.05, 0) is 30.7 Å². The molecular weight excluding hydrogens is 384 g/mol. The van der Waals surface area contributed by atoms with Crippen molar-refractivity contribution in [1.82, 2.24) is 9.97 Å². The van der Waals surface area contributed by atoms with Crippen molar-refractivity contribution in [2.45, 2.75) is 19.7 Å². The Kier molecular flexibility index (Phi) is 5.74. The van der Waals surface area contributed by atoms with E-state index >= 15 is 0 Å². The summed E-state index contributed by atoms with van der Waals surface area (Å²) in [7, 11) is 1.03. The standard InChI is InChI=1S/C15H11Cl2F3N2O3/c1-7-11(13(23)24-2)21-14(15(18,19)20)22-12(7)25-6-8-3-9(16)5-10(17)4-8/h3-5H,6H2,1-2H3. The molecule has 25 heavy (non-hydrogen) atoms. The van der Waals surface area contributed by atoms with Crippen molar-refractivity contribution in [1.29, 1.82) is 0 Å². The molecule has 0 saturated carbocycles. The van der Waals surface area contributed by atoms with E-state index in [1.165, 1.54) is 25.1 Å². The van der Waals surface area contributed by atoms with Crippen LogP contribution in [0.25, 0.3) is 0 Å². The highest BCUT2D eigenvalue weighted by Crippen LogP contribution is 2.30. The van der Waals surface area contributed by atoms with Crippen LogP contribution in [0.1, 0.15) is 27.4 Å². The molecule has 0 fully saturated rings. The average molecular weight is 395 g/mol. The van der Waals surface area contributed by atoms with Crippen LogP contribution in [-0.4, -0.2) is 23.0 Å². The van der Waals surface area contributed by atoms with Gasteiger partial charge in [0.25, 0.3) is 0 Å². The summed E-state index contributed by atoms with van der Waals surface area (Å²) in [5.74, 6) is -2.92. The maximum atomic E-state index is 12.9. The first kappa shape index (κ1) is 19.3. The number of carbonyl (C=O) groups excluding carboxylic acids is 1. The second kappa shape index (κ2) is 7.45. The molecule has 0 atom stereocenters. The number of alkyl halides is 3. The van der Waals surface area contributed by atoms with Crippen LogP contribution in [-0.2, 0) is 17.5 Å². The topological polar surface area (TPSA) is 61.3 Å². The number of esters is 1. The van der Waals surface area contributed by atoms with Gasteiger partial charge < -0.3 is 9.47 Å². The number of hydrogen-bond donors (Lipinski definition) is 0. The van der Waals surface area contributed by atoms with Crippen LogP contribution in [0.5, 0.6) is 5.88 Å². The zero-order valence-electron chi connectivity index (χ0n) is 12.9. The lowest BCUT2D eigenvalue weighted by Gasteiger charge is -2.14. The summed E-state index contributed by atoms with van der Waals surface area (Å²) in [4.78, 5) is 18.2. The highest BCUT2D eigenvalue weighted by molar-refractivity contribution is 6.34. The smallest absolute Gasteiger partial charge is 0.451 e. The van der Waals surface area contributed by atoms with Crippen LogP contribution in [0.15, 0.2) is 18.2 Å². The molecule has 134 valence electrons. The molecule has 0 saturated heterocycles. The van der Waals surface area contributed by atoms with E-state index in [9.17, 15) is 18.0 Å². The molecule has 1 aromatic heterocycles. The van der Waals surface area contributed by atoms with Crippen LogP contribution >= 0.6 is 23.2 Å². The summed E-state index contributed by atoms with van der Waals surface area (Å²) in [6, 6.07) is 4.57. The van der Waals surface area contributed by atoms with Gasteiger partial charge in [0.15, 0.2) is 5.69 Å². The highest BCUT2D eigenvalue weighted by Gasteiger charge is 2.37. The van der Waals surface area contributed by atoms with Gasteiger partial charge in [0.05, 0.1) is 7.11 Å². The lowest BCUT2D eigenvalue weighted by Crippen LogP contribution is -2.18. The van der Waals surface area contributed by atoms with Crippen LogP contribution in [0.2, 0.25) is 10.0 Å². The monoisotopic (exact) mass is 394 g/mol. The molecule has 0 radical (unpaired) electrons. The van der Waals surface area contributed by atoms with E-state index in [1.54, 1.807) is 0 Å². The Labute approximate surface area is 150 Å². The van der Waals surface area contributed by atoms with Crippen molar-refractivity contribution in [3.8, 4) is 5.88 Å². The fourth-order valence-corrected chi connectivity index (χ4v) is 2.48. The van der Waals surface area contributed by atoms with Crippen molar-refractivity contribution in [2.24, 2.45) is 0 Å². The van der Waals surface area contributed by atoms with Gasteiger partial charge in [-0.2, -0.15) is 18.2 Å². The van der Waals surface area contributed by atoms with Crippen molar-refractivity contribution >= 4 is 29.2 Å². The molecule has 0 bridgehead atoms. The lowest BCUT2D eigenvalue weighted by atomic mass is 10.2. The van der Waals surface area contributed by atoms with Crippen molar-refractivity contribution in [3.05, 3.63) is 50.9 Å². The second-order valence-electron chi connectivity index (χ2n) is 4.88. The Morgan fingerprint density at radius 3 is 2.28 bits per heavy atom. The van der Waals surface area contributed by atoms with Crippen molar-refractivity contribution < 1.29 is 27.4 Å². The van der Waals surface area contributed by atoms with E-state index in [4.69, 9.17) is 27.9 Å². The number of rotatable bonds is 4. The van der Waals surface area contributed by atoms with Gasteiger partial charge in [0, 0.05) is 15.6 Å². The molecular formula is C15H11Cl2F3N2O3. The number of hydrogen-bond acceptors (Lipinski definition) is 5. The molecule has 0 unspecified atom stereocenters. The summed E-state index contributed by atoms with van der Waals surface area (Å²) in [5.41, 5.74) is 0.0145. The van der Waals surface area contributed by atoms with E-state index in [0.29, 0.717) is 15.6 Å². The largest absolute Gasteiger partial charge is 0.472 e. The molecule has 0 aliphatic rings. The lowest BCUT2D eigenvalue weighted by molar-refractivity contribution is -0.145. The molecule has 0 aliphatic heterocycles. The third-order valence-electron chi connectivity index (χ3n) is 3.03. The molecule has 10 heteroatoms. The summed E-state index contributed by atoms with van der Waals surface area (Å²) in [5, 5.41) is 0.688. The fourth-order valence-electron chi connectivity index (χ4n) is 1.90. The minimum atomic E-state index is -4.85. The predicted molar refractivity (Wildman–Crippen MR) is 83.9 cm³/mol. The molecule has 2 rings (SSSR count). The molecule has 0 spiro atoms. The Morgan fingerprint density at radius 2 is 1.76 bits per heavy atom. The number of aromatic nitrogens is 2. The van der Waals surface area contributed by atoms with Gasteiger partial charge in [0.2, 0.25) is 11.7 Å². The van der Waals surface area contributed by atoms with Crippen molar-refractivity contribution in [3.63, 3.8) is 0 Å². The van der Waals surface area contributed by atoms with Gasteiger partial charge in [-0.25, -0.2) is 9.78 Å². The third-order valence-corrected chi connectivity index (χ3v) is 3.47. The van der Waals surface area contributed by atoms with Gasteiger partial charge in [-0.3, -0.25) is 0 Å². The van der Waals surface area contributed by atoms with Crippen LogP contribution in [0.4, 0.5) is 13.2 Å². The van der Waals surface area contributed by atoms with E-state index in [1.807, 2.05) is 0 Å². The van der Waals surface area contributed by atoms with E-state index in [0.717, 1.165) is 7.11 Å². The average Bonchev–Trinajstić information content (AvgIpc) is 2.51. The van der Waals surface area contributed by atoms with Gasteiger partial charge in [-0.1, -0.05) is 23.2 Å². The van der Waals surface area contributed by atoms with Gasteiger partial charge in [-0.15, -0.1) is 0 Å². The van der Waals surface area contributed by atoms with Crippen LogP contribution in [0, 0.1) is 6.92 Å². The summed E-state index contributed by atoms with van der Waals surface area (Å²) >= 11 is 11.7. The molecule has 1 heterocycles. The zero-order chi connectivity index (χ0) is 18.8. The maximum Gasteiger partial charge on any atom is 0.451 e. The Balaban J connectivity index is 2.40. The first-order chi connectivity index (χ1) is 11.6. The van der Waals surface area contributed by atoms with E-state index in [2.05, 4.69) is 14.7 Å². The minimum absolute atomic E-state index is 0.0213. The maximum absolute atomic E-state index is 12.9. The van der Waals surface area contributed by atoms with E-state index < -0.39 is 23.7 Å². The number of methoxy groups -OCH3 is 1. The van der Waals surface area contributed by atoms with Crippen LogP contribution in [0.3, 0.4) is 0 Å². The number of ether oxygens (including phenoxy) is 2. The Morgan fingerprint density at radius 1 is 1.16 bits per heavy atom. The molecule has 2 aromatic rings. The Bertz CT molecular complexity index is 793. The Hall–Kier alpha value is -2.06. The number of carbonyl (C=O) groups is 1. The first-order valence-corrected chi connectivity index (χ1v) is 7.49. The summed E-state index contributed by atoms with van der Waals surface area (Å²) in [6.45, 7) is 1.20. The normalized spacial score (nSPS) is 11.3. The quantitative estimate of drug-likeness (QED) is 0.715. The second-order valence-corrected chi connectivity index (χ2v) is 5.75.